The van der Waals surface area contributed by atoms with Gasteiger partial charge in [-0.2, -0.15) is 0 Å². The maximum absolute atomic E-state index is 12.1. The van der Waals surface area contributed by atoms with Crippen LogP contribution in [0.5, 0.6) is 0 Å². The van der Waals surface area contributed by atoms with Gasteiger partial charge in [0.2, 0.25) is 0 Å². The van der Waals surface area contributed by atoms with Gasteiger partial charge in [-0.05, 0) is 55.5 Å². The van der Waals surface area contributed by atoms with Crippen molar-refractivity contribution in [2.45, 2.75) is 38.3 Å². The smallest absolute Gasteiger partial charge is 0.328 e. The van der Waals surface area contributed by atoms with Crippen molar-refractivity contribution >= 4 is 35.1 Å². The number of fused-ring (bicyclic) bond motifs is 1. The molecule has 2 aromatic rings. The first kappa shape index (κ1) is 26.4. The minimum Gasteiger partial charge on any atom is -0.478 e. The van der Waals surface area contributed by atoms with E-state index in [1.54, 1.807) is 12.1 Å². The summed E-state index contributed by atoms with van der Waals surface area (Å²) in [6.45, 7) is 5.18. The van der Waals surface area contributed by atoms with Gasteiger partial charge in [0.25, 0.3) is 5.56 Å². The van der Waals surface area contributed by atoms with Crippen LogP contribution < -0.4 is 10.9 Å². The average Bonchev–Trinajstić information content (AvgIpc) is 2.77. The van der Waals surface area contributed by atoms with Crippen molar-refractivity contribution in [3.8, 4) is 0 Å². The Morgan fingerprint density at radius 1 is 1.12 bits per heavy atom. The third-order valence-electron chi connectivity index (χ3n) is 5.08. The molecule has 9 heteroatoms. The lowest BCUT2D eigenvalue weighted by Gasteiger charge is -2.28. The van der Waals surface area contributed by atoms with Gasteiger partial charge < -0.3 is 20.1 Å². The van der Waals surface area contributed by atoms with Crippen molar-refractivity contribution < 1.29 is 19.8 Å². The van der Waals surface area contributed by atoms with Crippen LogP contribution in [0.15, 0.2) is 59.9 Å². The molecule has 33 heavy (non-hydrogen) atoms. The fraction of sp³-hybridized carbons (Fsp3) is 0.292. The van der Waals surface area contributed by atoms with E-state index in [-0.39, 0.29) is 11.6 Å². The second-order valence-electron chi connectivity index (χ2n) is 7.38. The number of benzene rings is 1. The van der Waals surface area contributed by atoms with Gasteiger partial charge in [0.15, 0.2) is 0 Å². The predicted molar refractivity (Wildman–Crippen MR) is 129 cm³/mol. The monoisotopic (exact) mass is 492 g/mol. The quantitative estimate of drug-likeness (QED) is 0.375. The van der Waals surface area contributed by atoms with Gasteiger partial charge in [-0.15, -0.1) is 6.58 Å². The molecule has 1 aromatic carbocycles. The Labute approximate surface area is 202 Å². The number of nitrogens with zero attached hydrogens (tertiary/aromatic N) is 1. The fourth-order valence-electron chi connectivity index (χ4n) is 3.63. The van der Waals surface area contributed by atoms with Crippen LogP contribution in [0.25, 0.3) is 0 Å². The van der Waals surface area contributed by atoms with E-state index in [1.807, 2.05) is 28.8 Å². The van der Waals surface area contributed by atoms with Crippen molar-refractivity contribution in [1.82, 2.24) is 9.88 Å². The van der Waals surface area contributed by atoms with Crippen molar-refractivity contribution in [3.63, 3.8) is 0 Å². The zero-order valence-electron chi connectivity index (χ0n) is 18.0. The molecule has 0 fully saturated rings. The van der Waals surface area contributed by atoms with Crippen LogP contribution in [0.2, 0.25) is 10.0 Å². The van der Waals surface area contributed by atoms with Gasteiger partial charge in [0, 0.05) is 36.5 Å². The standard InChI is InChI=1S/C20H22Cl2N2O.C4H4O4/c1-2-12-24-19-5-3-4-18(15(19)7-9-20(24)25)23-11-10-14-6-8-16(21)17(22)13-14;5-3(6)1-2-4(7)8/h2,6-9,13,18,23H,1,3-5,10-12H2;1-2H,(H,5,6)(H,7,8)/b;2-1+. The molecular weight excluding hydrogens is 467 g/mol. The lowest BCUT2D eigenvalue weighted by molar-refractivity contribution is -0.134. The fourth-order valence-corrected chi connectivity index (χ4v) is 3.95. The van der Waals surface area contributed by atoms with Gasteiger partial charge in [-0.3, -0.25) is 4.79 Å². The Balaban J connectivity index is 0.000000414. The number of carboxylic acid groups (broad SMARTS) is 2. The SMILES string of the molecule is C=CCn1c2c(ccc1=O)C(NCCc1ccc(Cl)c(Cl)c1)CCC2.O=C(O)/C=C/C(=O)O. The number of allylic oxidation sites excluding steroid dienone is 1. The second-order valence-corrected chi connectivity index (χ2v) is 8.19. The lowest BCUT2D eigenvalue weighted by Crippen LogP contribution is -2.32. The Morgan fingerprint density at radius 3 is 2.42 bits per heavy atom. The molecule has 1 aliphatic rings. The molecule has 1 aliphatic carbocycles. The minimum atomic E-state index is -1.26. The number of halogens is 2. The first-order valence-electron chi connectivity index (χ1n) is 10.4. The zero-order chi connectivity index (χ0) is 24.4. The molecule has 1 heterocycles. The molecule has 0 spiro atoms. The van der Waals surface area contributed by atoms with Crippen LogP contribution in [0.4, 0.5) is 0 Å². The van der Waals surface area contributed by atoms with E-state index in [0.29, 0.717) is 28.7 Å². The second kappa shape index (κ2) is 13.0. The molecule has 1 unspecified atom stereocenters. The first-order valence-corrected chi connectivity index (χ1v) is 11.1. The first-order chi connectivity index (χ1) is 15.7. The van der Waals surface area contributed by atoms with Crippen LogP contribution in [0, 0.1) is 0 Å². The van der Waals surface area contributed by atoms with Gasteiger partial charge >= 0.3 is 11.9 Å². The Morgan fingerprint density at radius 2 is 1.82 bits per heavy atom. The van der Waals surface area contributed by atoms with Crippen LogP contribution >= 0.6 is 23.2 Å². The van der Waals surface area contributed by atoms with Gasteiger partial charge in [-0.1, -0.05) is 41.4 Å². The maximum atomic E-state index is 12.1. The number of aromatic nitrogens is 1. The summed E-state index contributed by atoms with van der Waals surface area (Å²) in [6.07, 6.45) is 6.89. The topological polar surface area (TPSA) is 109 Å². The van der Waals surface area contributed by atoms with Crippen LogP contribution in [0.1, 0.15) is 35.7 Å². The number of nitrogens with one attached hydrogen (secondary N) is 1. The van der Waals surface area contributed by atoms with Crippen molar-refractivity contribution in [1.29, 1.82) is 0 Å². The number of pyridine rings is 1. The van der Waals surface area contributed by atoms with E-state index in [1.165, 1.54) is 5.56 Å². The number of hydrogen-bond donors (Lipinski definition) is 3. The predicted octanol–water partition coefficient (Wildman–Crippen LogP) is 4.26. The number of rotatable bonds is 8. The molecule has 0 bridgehead atoms. The number of carboxylic acids is 2. The minimum absolute atomic E-state index is 0.0510. The van der Waals surface area contributed by atoms with Crippen molar-refractivity contribution in [2.75, 3.05) is 6.54 Å². The van der Waals surface area contributed by atoms with E-state index in [2.05, 4.69) is 11.9 Å². The maximum Gasteiger partial charge on any atom is 0.328 e. The van der Waals surface area contributed by atoms with Crippen LogP contribution in [-0.2, 0) is 29.0 Å². The molecule has 0 saturated carbocycles. The highest BCUT2D eigenvalue weighted by Gasteiger charge is 2.22. The summed E-state index contributed by atoms with van der Waals surface area (Å²) in [5.74, 6) is -2.51. The Bertz CT molecular complexity index is 1080. The molecule has 176 valence electrons. The number of aliphatic carboxylic acids is 2. The molecule has 1 aromatic heterocycles. The molecule has 3 rings (SSSR count). The van der Waals surface area contributed by atoms with E-state index in [0.717, 1.165) is 43.5 Å². The highest BCUT2D eigenvalue weighted by molar-refractivity contribution is 6.42. The van der Waals surface area contributed by atoms with E-state index in [9.17, 15) is 14.4 Å². The van der Waals surface area contributed by atoms with E-state index >= 15 is 0 Å². The molecule has 1 atom stereocenters. The van der Waals surface area contributed by atoms with Gasteiger partial charge in [0.1, 0.15) is 0 Å². The molecule has 0 aliphatic heterocycles. The van der Waals surface area contributed by atoms with Crippen LogP contribution in [-0.4, -0.2) is 33.3 Å². The Kier molecular flexibility index (Phi) is 10.4. The summed E-state index contributed by atoms with van der Waals surface area (Å²) in [7, 11) is 0. The summed E-state index contributed by atoms with van der Waals surface area (Å²) in [6, 6.07) is 9.69. The normalized spacial score (nSPS) is 14.8. The highest BCUT2D eigenvalue weighted by Crippen LogP contribution is 2.29. The molecule has 0 saturated heterocycles. The third-order valence-corrected chi connectivity index (χ3v) is 5.82. The Hall–Kier alpha value is -2.87. The molecule has 7 nitrogen and oxygen atoms in total. The van der Waals surface area contributed by atoms with Crippen LogP contribution in [0.3, 0.4) is 0 Å². The van der Waals surface area contributed by atoms with E-state index < -0.39 is 11.9 Å². The summed E-state index contributed by atoms with van der Waals surface area (Å²) >= 11 is 12.0. The summed E-state index contributed by atoms with van der Waals surface area (Å²) in [5.41, 5.74) is 3.59. The largest absolute Gasteiger partial charge is 0.478 e. The van der Waals surface area contributed by atoms with Gasteiger partial charge in [0.05, 0.1) is 10.0 Å². The highest BCUT2D eigenvalue weighted by atomic mass is 35.5. The zero-order valence-corrected chi connectivity index (χ0v) is 19.5. The molecular formula is C24H26Cl2N2O5. The summed E-state index contributed by atoms with van der Waals surface area (Å²) in [5, 5.41) is 20.4. The van der Waals surface area contributed by atoms with E-state index in [4.69, 9.17) is 33.4 Å². The molecule has 0 amide bonds. The summed E-state index contributed by atoms with van der Waals surface area (Å²) < 4.78 is 1.84. The number of hydrogen-bond acceptors (Lipinski definition) is 4. The molecule has 3 N–H and O–H groups in total. The number of carbonyl (C=O) groups is 2. The lowest BCUT2D eigenvalue weighted by atomic mass is 9.90. The molecule has 0 radical (unpaired) electrons. The third kappa shape index (κ3) is 8.20. The van der Waals surface area contributed by atoms with Crippen molar-refractivity contribution in [2.24, 2.45) is 0 Å². The van der Waals surface area contributed by atoms with Crippen molar-refractivity contribution in [3.05, 3.63) is 92.4 Å². The summed E-state index contributed by atoms with van der Waals surface area (Å²) in [4.78, 5) is 31.2. The average molecular weight is 493 g/mol. The van der Waals surface area contributed by atoms with Gasteiger partial charge in [-0.25, -0.2) is 9.59 Å².